The molecule has 1 aliphatic heterocycles. The molecule has 0 bridgehead atoms. The van der Waals surface area contributed by atoms with Crippen molar-refractivity contribution in [1.29, 1.82) is 0 Å². The van der Waals surface area contributed by atoms with E-state index in [-0.39, 0.29) is 5.91 Å². The van der Waals surface area contributed by atoms with Crippen LogP contribution in [0.1, 0.15) is 24.8 Å². The predicted octanol–water partition coefficient (Wildman–Crippen LogP) is 3.70. The zero-order valence-corrected chi connectivity index (χ0v) is 14.4. The van der Waals surface area contributed by atoms with Gasteiger partial charge in [-0.25, -0.2) is 0 Å². The van der Waals surface area contributed by atoms with Crippen molar-refractivity contribution in [1.82, 2.24) is 10.2 Å². The SMILES string of the molecule is CN(Cc1ccccc1-c1ccccc1)C(=O)CCC1CCNC1. The Kier molecular flexibility index (Phi) is 5.65. The zero-order chi connectivity index (χ0) is 16.8. The molecule has 0 radical (unpaired) electrons. The van der Waals surface area contributed by atoms with Crippen molar-refractivity contribution in [2.24, 2.45) is 5.92 Å². The molecule has 0 aromatic heterocycles. The van der Waals surface area contributed by atoms with Crippen LogP contribution in [0.15, 0.2) is 54.6 Å². The smallest absolute Gasteiger partial charge is 0.222 e. The molecular weight excluding hydrogens is 296 g/mol. The summed E-state index contributed by atoms with van der Waals surface area (Å²) in [6, 6.07) is 18.7. The van der Waals surface area contributed by atoms with Gasteiger partial charge in [-0.1, -0.05) is 54.6 Å². The van der Waals surface area contributed by atoms with Gasteiger partial charge in [0, 0.05) is 20.0 Å². The maximum Gasteiger partial charge on any atom is 0.222 e. The Morgan fingerprint density at radius 3 is 2.62 bits per heavy atom. The average Bonchev–Trinajstić information content (AvgIpc) is 3.14. The molecule has 0 aliphatic carbocycles. The molecule has 1 atom stereocenters. The van der Waals surface area contributed by atoms with Gasteiger partial charge in [0.2, 0.25) is 5.91 Å². The van der Waals surface area contributed by atoms with E-state index in [9.17, 15) is 4.79 Å². The number of benzene rings is 2. The lowest BCUT2D eigenvalue weighted by Gasteiger charge is -2.20. The summed E-state index contributed by atoms with van der Waals surface area (Å²) in [5.74, 6) is 0.906. The van der Waals surface area contributed by atoms with Crippen LogP contribution in [0.3, 0.4) is 0 Å². The van der Waals surface area contributed by atoms with Gasteiger partial charge in [0.25, 0.3) is 0 Å². The minimum atomic E-state index is 0.241. The van der Waals surface area contributed by atoms with E-state index < -0.39 is 0 Å². The molecule has 1 saturated heterocycles. The molecular formula is C21H26N2O. The third-order valence-electron chi connectivity index (χ3n) is 4.86. The van der Waals surface area contributed by atoms with Crippen LogP contribution in [-0.2, 0) is 11.3 Å². The molecule has 1 amide bonds. The van der Waals surface area contributed by atoms with Crippen LogP contribution in [-0.4, -0.2) is 30.9 Å². The standard InChI is InChI=1S/C21H26N2O/c1-23(21(24)12-11-17-13-14-22-15-17)16-19-9-5-6-10-20(19)18-7-3-2-4-8-18/h2-10,17,22H,11-16H2,1H3. The molecule has 126 valence electrons. The summed E-state index contributed by atoms with van der Waals surface area (Å²) in [5.41, 5.74) is 3.60. The fourth-order valence-electron chi connectivity index (χ4n) is 3.38. The van der Waals surface area contributed by atoms with Crippen molar-refractivity contribution in [2.45, 2.75) is 25.8 Å². The second kappa shape index (κ2) is 8.11. The van der Waals surface area contributed by atoms with Gasteiger partial charge in [-0.05, 0) is 48.5 Å². The minimum Gasteiger partial charge on any atom is -0.341 e. The fourth-order valence-corrected chi connectivity index (χ4v) is 3.38. The molecule has 0 spiro atoms. The summed E-state index contributed by atoms with van der Waals surface area (Å²) in [5, 5.41) is 3.37. The molecule has 2 aromatic carbocycles. The lowest BCUT2D eigenvalue weighted by molar-refractivity contribution is -0.130. The third kappa shape index (κ3) is 4.24. The average molecular weight is 322 g/mol. The van der Waals surface area contributed by atoms with Gasteiger partial charge in [0.05, 0.1) is 0 Å². The van der Waals surface area contributed by atoms with Crippen molar-refractivity contribution in [2.75, 3.05) is 20.1 Å². The Labute approximate surface area is 144 Å². The number of carbonyl (C=O) groups is 1. The number of hydrogen-bond donors (Lipinski definition) is 1. The van der Waals surface area contributed by atoms with E-state index in [1.54, 1.807) is 0 Å². The van der Waals surface area contributed by atoms with Gasteiger partial charge in [-0.15, -0.1) is 0 Å². The Bertz CT molecular complexity index is 663. The van der Waals surface area contributed by atoms with E-state index in [0.29, 0.717) is 18.9 Å². The number of carbonyl (C=O) groups excluding carboxylic acids is 1. The predicted molar refractivity (Wildman–Crippen MR) is 98.6 cm³/mol. The van der Waals surface area contributed by atoms with Crippen LogP contribution < -0.4 is 5.32 Å². The number of nitrogens with one attached hydrogen (secondary N) is 1. The largest absolute Gasteiger partial charge is 0.341 e. The Morgan fingerprint density at radius 2 is 1.88 bits per heavy atom. The van der Waals surface area contributed by atoms with E-state index in [0.717, 1.165) is 19.5 Å². The Hall–Kier alpha value is -2.13. The van der Waals surface area contributed by atoms with Crippen molar-refractivity contribution in [3.05, 3.63) is 60.2 Å². The molecule has 1 aliphatic rings. The quantitative estimate of drug-likeness (QED) is 0.879. The number of amides is 1. The van der Waals surface area contributed by atoms with Crippen molar-refractivity contribution in [3.63, 3.8) is 0 Å². The highest BCUT2D eigenvalue weighted by Crippen LogP contribution is 2.24. The van der Waals surface area contributed by atoms with Gasteiger partial charge < -0.3 is 10.2 Å². The lowest BCUT2D eigenvalue weighted by atomic mass is 9.99. The number of nitrogens with zero attached hydrogens (tertiary/aromatic N) is 1. The van der Waals surface area contributed by atoms with Gasteiger partial charge in [0.15, 0.2) is 0 Å². The zero-order valence-electron chi connectivity index (χ0n) is 14.4. The van der Waals surface area contributed by atoms with Crippen LogP contribution >= 0.6 is 0 Å². The topological polar surface area (TPSA) is 32.3 Å². The second-order valence-electron chi connectivity index (χ2n) is 6.67. The summed E-state index contributed by atoms with van der Waals surface area (Å²) < 4.78 is 0. The fraction of sp³-hybridized carbons (Fsp3) is 0.381. The molecule has 0 saturated carbocycles. The highest BCUT2D eigenvalue weighted by Gasteiger charge is 2.18. The van der Waals surface area contributed by atoms with Crippen molar-refractivity contribution < 1.29 is 4.79 Å². The highest BCUT2D eigenvalue weighted by atomic mass is 16.2. The third-order valence-corrected chi connectivity index (χ3v) is 4.86. The van der Waals surface area contributed by atoms with E-state index in [1.807, 2.05) is 24.1 Å². The van der Waals surface area contributed by atoms with Crippen LogP contribution in [0.2, 0.25) is 0 Å². The van der Waals surface area contributed by atoms with E-state index >= 15 is 0 Å². The molecule has 3 rings (SSSR count). The highest BCUT2D eigenvalue weighted by molar-refractivity contribution is 5.76. The summed E-state index contributed by atoms with van der Waals surface area (Å²) >= 11 is 0. The first kappa shape index (κ1) is 16.7. The maximum atomic E-state index is 12.5. The molecule has 1 heterocycles. The Morgan fingerprint density at radius 1 is 1.12 bits per heavy atom. The normalized spacial score (nSPS) is 17.0. The molecule has 1 N–H and O–H groups in total. The molecule has 3 heteroatoms. The lowest BCUT2D eigenvalue weighted by Crippen LogP contribution is -2.27. The van der Waals surface area contributed by atoms with Gasteiger partial charge >= 0.3 is 0 Å². The van der Waals surface area contributed by atoms with E-state index in [1.165, 1.54) is 23.1 Å². The Balaban J connectivity index is 1.63. The van der Waals surface area contributed by atoms with Crippen LogP contribution in [0, 0.1) is 5.92 Å². The van der Waals surface area contributed by atoms with Gasteiger partial charge in [0.1, 0.15) is 0 Å². The van der Waals surface area contributed by atoms with Gasteiger partial charge in [-0.3, -0.25) is 4.79 Å². The van der Waals surface area contributed by atoms with Crippen molar-refractivity contribution in [3.8, 4) is 11.1 Å². The summed E-state index contributed by atoms with van der Waals surface area (Å²) in [4.78, 5) is 14.3. The van der Waals surface area contributed by atoms with Gasteiger partial charge in [-0.2, -0.15) is 0 Å². The van der Waals surface area contributed by atoms with E-state index in [2.05, 4.69) is 47.8 Å². The summed E-state index contributed by atoms with van der Waals surface area (Å²) in [6.45, 7) is 2.82. The first-order chi connectivity index (χ1) is 11.7. The van der Waals surface area contributed by atoms with Crippen LogP contribution in [0.5, 0.6) is 0 Å². The molecule has 3 nitrogen and oxygen atoms in total. The molecule has 1 fully saturated rings. The second-order valence-corrected chi connectivity index (χ2v) is 6.67. The first-order valence-electron chi connectivity index (χ1n) is 8.82. The molecule has 1 unspecified atom stereocenters. The van der Waals surface area contributed by atoms with E-state index in [4.69, 9.17) is 0 Å². The maximum absolute atomic E-state index is 12.5. The number of rotatable bonds is 6. The van der Waals surface area contributed by atoms with Crippen molar-refractivity contribution >= 4 is 5.91 Å². The minimum absolute atomic E-state index is 0.241. The van der Waals surface area contributed by atoms with Crippen LogP contribution in [0.4, 0.5) is 0 Å². The van der Waals surface area contributed by atoms with Crippen LogP contribution in [0.25, 0.3) is 11.1 Å². The monoisotopic (exact) mass is 322 g/mol. The summed E-state index contributed by atoms with van der Waals surface area (Å²) in [6.07, 6.45) is 2.85. The number of hydrogen-bond acceptors (Lipinski definition) is 2. The summed E-state index contributed by atoms with van der Waals surface area (Å²) in [7, 11) is 1.91. The first-order valence-corrected chi connectivity index (χ1v) is 8.82. The molecule has 24 heavy (non-hydrogen) atoms. The molecule has 2 aromatic rings.